The first-order valence-corrected chi connectivity index (χ1v) is 9.34. The van der Waals surface area contributed by atoms with Gasteiger partial charge in [-0.05, 0) is 11.6 Å². The van der Waals surface area contributed by atoms with Gasteiger partial charge in [0.05, 0.1) is 25.3 Å². The molecule has 0 bridgehead atoms. The van der Waals surface area contributed by atoms with Gasteiger partial charge in [0.25, 0.3) is 5.09 Å². The molecule has 2 atom stereocenters. The molecule has 214 valence electrons. The van der Waals surface area contributed by atoms with Gasteiger partial charge in [-0.25, -0.2) is 0 Å². The number of aliphatic hydroxyl groups is 3. The SMILES string of the molecule is O=[N+]([O-])O.O=[N+]([O-])c1ccc(C(O)(c2ccccc2)C(O)([N+](=O)[O-])C(O)([N+](=O)[O-])[N+](=O)[O-])c([N+](=O)[O-])c1[N+](=O)[O-]. The van der Waals surface area contributed by atoms with Crippen molar-refractivity contribution in [3.05, 3.63) is 124 Å². The summed E-state index contributed by atoms with van der Waals surface area (Å²) in [6.07, 6.45) is 0. The average Bonchev–Trinajstić information content (AvgIpc) is 2.85. The summed E-state index contributed by atoms with van der Waals surface area (Å²) in [5, 5.41) is 116. The highest BCUT2D eigenvalue weighted by Gasteiger charge is 2.92. The molecule has 0 spiro atoms. The maximum atomic E-state index is 12.0. The van der Waals surface area contributed by atoms with Crippen molar-refractivity contribution in [3.63, 3.8) is 0 Å². The Morgan fingerprint density at radius 2 is 1.00 bits per heavy atom. The molecule has 0 saturated heterocycles. The quantitative estimate of drug-likeness (QED) is 0.156. The van der Waals surface area contributed by atoms with Gasteiger partial charge in [0.2, 0.25) is 5.60 Å². The lowest BCUT2D eigenvalue weighted by Gasteiger charge is -2.35. The fourth-order valence-corrected chi connectivity index (χ4v) is 3.42. The van der Waals surface area contributed by atoms with Crippen molar-refractivity contribution in [3.8, 4) is 0 Å². The van der Waals surface area contributed by atoms with Crippen LogP contribution in [-0.2, 0) is 5.60 Å². The maximum Gasteiger partial charge on any atom is 0.678 e. The predicted molar refractivity (Wildman–Crippen MR) is 116 cm³/mol. The van der Waals surface area contributed by atoms with Crippen LogP contribution in [0.5, 0.6) is 0 Å². The highest BCUT2D eigenvalue weighted by Crippen LogP contribution is 2.52. The van der Waals surface area contributed by atoms with E-state index in [0.717, 1.165) is 18.2 Å². The first-order chi connectivity index (χ1) is 18.2. The van der Waals surface area contributed by atoms with Gasteiger partial charge in [-0.1, -0.05) is 30.3 Å². The van der Waals surface area contributed by atoms with E-state index in [0.29, 0.717) is 12.1 Å². The van der Waals surface area contributed by atoms with Crippen LogP contribution in [0.15, 0.2) is 42.5 Å². The molecule has 0 radical (unpaired) electrons. The Morgan fingerprint density at radius 3 is 1.32 bits per heavy atom. The molecule has 0 heterocycles. The van der Waals surface area contributed by atoms with Crippen molar-refractivity contribution in [2.45, 2.75) is 17.2 Å². The molecule has 2 aromatic rings. The second-order valence-corrected chi connectivity index (χ2v) is 6.99. The first kappa shape index (κ1) is 31.9. The summed E-state index contributed by atoms with van der Waals surface area (Å²) in [7, 11) is 0. The van der Waals surface area contributed by atoms with Crippen LogP contribution in [0.3, 0.4) is 0 Å². The standard InChI is InChI=1S/C15H10N6O15.HNO3/c22-13(8-4-2-1-3-5-8,14(23,19(31)32)15(24,20(33)34)21(35)36)9-6-7-10(16(25)26)12(18(29)30)11(9)17(27)28;2-1(3)4/h1-7,22-24H;(H,2,3,4). The third-order valence-corrected chi connectivity index (χ3v) is 5.02. The highest BCUT2D eigenvalue weighted by atomic mass is 16.9. The van der Waals surface area contributed by atoms with E-state index in [-0.39, 0.29) is 12.1 Å². The van der Waals surface area contributed by atoms with Gasteiger partial charge in [-0.3, -0.25) is 65.8 Å². The molecule has 0 saturated carbocycles. The number of hydrogen-bond donors (Lipinski definition) is 4. The molecule has 0 aliphatic rings. The molecule has 0 aliphatic carbocycles. The van der Waals surface area contributed by atoms with Crippen molar-refractivity contribution in [2.24, 2.45) is 0 Å². The minimum absolute atomic E-state index is 0.0745. The molecule has 25 heteroatoms. The fourth-order valence-electron chi connectivity index (χ4n) is 3.42. The lowest BCUT2D eigenvalue weighted by molar-refractivity contribution is -0.921. The average molecular weight is 577 g/mol. The zero-order valence-electron chi connectivity index (χ0n) is 18.7. The Morgan fingerprint density at radius 1 is 0.575 bits per heavy atom. The van der Waals surface area contributed by atoms with Crippen molar-refractivity contribution >= 4 is 17.1 Å². The number of nitro benzene ring substituents is 3. The normalized spacial score (nSPS) is 13.8. The van der Waals surface area contributed by atoms with Gasteiger partial charge in [0, 0.05) is 6.07 Å². The van der Waals surface area contributed by atoms with Gasteiger partial charge in [-0.2, -0.15) is 0 Å². The van der Waals surface area contributed by atoms with Crippen LogP contribution in [0.4, 0.5) is 17.1 Å². The molecular weight excluding hydrogens is 566 g/mol. The fraction of sp³-hybridized carbons (Fsp3) is 0.200. The molecule has 0 aromatic heterocycles. The third-order valence-electron chi connectivity index (χ3n) is 5.02. The van der Waals surface area contributed by atoms with E-state index in [1.54, 1.807) is 0 Å². The molecule has 4 N–H and O–H groups in total. The van der Waals surface area contributed by atoms with E-state index in [1.165, 1.54) is 0 Å². The Kier molecular flexibility index (Phi) is 8.88. The Balaban J connectivity index is 0.00000187. The molecule has 0 amide bonds. The summed E-state index contributed by atoms with van der Waals surface area (Å²) in [5.41, 5.74) is -18.3. The molecule has 25 nitrogen and oxygen atoms in total. The smallest absolute Gasteiger partial charge is 0.371 e. The number of rotatable bonds is 10. The number of nitro groups is 6. The molecule has 0 aliphatic heterocycles. The summed E-state index contributed by atoms with van der Waals surface area (Å²) in [6, 6.07) is 4.39. The van der Waals surface area contributed by atoms with Crippen LogP contribution in [0.25, 0.3) is 0 Å². The number of nitrogens with zero attached hydrogens (tertiary/aromatic N) is 7. The van der Waals surface area contributed by atoms with Crippen LogP contribution in [0.1, 0.15) is 11.1 Å². The monoisotopic (exact) mass is 577 g/mol. The molecule has 40 heavy (non-hydrogen) atoms. The van der Waals surface area contributed by atoms with Crippen molar-refractivity contribution in [2.75, 3.05) is 0 Å². The zero-order chi connectivity index (χ0) is 31.4. The van der Waals surface area contributed by atoms with E-state index in [1.807, 2.05) is 0 Å². The summed E-state index contributed by atoms with van der Waals surface area (Å²) in [5.74, 6) is -5.36. The van der Waals surface area contributed by atoms with Gasteiger partial charge in [0.1, 0.15) is 9.85 Å². The lowest BCUT2D eigenvalue weighted by Crippen LogP contribution is -2.76. The summed E-state index contributed by atoms with van der Waals surface area (Å²) in [4.78, 5) is 65.7. The molecular formula is C15H11N7O18. The molecule has 2 aromatic carbocycles. The van der Waals surface area contributed by atoms with E-state index >= 15 is 0 Å². The number of hydrogen-bond acceptors (Lipinski definition) is 17. The number of benzene rings is 2. The van der Waals surface area contributed by atoms with Gasteiger partial charge >= 0.3 is 28.6 Å². The van der Waals surface area contributed by atoms with Crippen LogP contribution >= 0.6 is 0 Å². The third kappa shape index (κ3) is 4.90. The van der Waals surface area contributed by atoms with Crippen molar-refractivity contribution in [1.82, 2.24) is 0 Å². The van der Waals surface area contributed by atoms with Gasteiger partial charge in [-0.15, -0.1) is 10.1 Å². The van der Waals surface area contributed by atoms with E-state index in [9.17, 15) is 76.0 Å². The first-order valence-electron chi connectivity index (χ1n) is 9.34. The summed E-state index contributed by atoms with van der Waals surface area (Å²) in [6.45, 7) is 0. The Labute approximate surface area is 214 Å². The van der Waals surface area contributed by atoms with Crippen molar-refractivity contribution < 1.29 is 55.2 Å². The zero-order valence-corrected chi connectivity index (χ0v) is 18.7. The second-order valence-electron chi connectivity index (χ2n) is 6.99. The summed E-state index contributed by atoms with van der Waals surface area (Å²) >= 11 is 0. The topological polar surface area (TPSA) is 383 Å². The van der Waals surface area contributed by atoms with Crippen LogP contribution < -0.4 is 0 Å². The van der Waals surface area contributed by atoms with Gasteiger partial charge in [0.15, 0.2) is 0 Å². The van der Waals surface area contributed by atoms with Crippen LogP contribution in [-0.4, -0.2) is 66.7 Å². The van der Waals surface area contributed by atoms with E-state index in [2.05, 4.69) is 0 Å². The largest absolute Gasteiger partial charge is 0.678 e. The lowest BCUT2D eigenvalue weighted by atomic mass is 9.74. The Hall–Kier alpha value is -6.08. The maximum absolute atomic E-state index is 12.0. The van der Waals surface area contributed by atoms with Gasteiger partial charge < -0.3 is 15.4 Å². The van der Waals surface area contributed by atoms with E-state index < -0.39 is 80.0 Å². The van der Waals surface area contributed by atoms with E-state index in [4.69, 9.17) is 15.3 Å². The molecule has 2 rings (SSSR count). The van der Waals surface area contributed by atoms with Crippen LogP contribution in [0, 0.1) is 70.8 Å². The highest BCUT2D eigenvalue weighted by molar-refractivity contribution is 5.71. The van der Waals surface area contributed by atoms with Crippen molar-refractivity contribution in [1.29, 1.82) is 0 Å². The second kappa shape index (κ2) is 11.1. The summed E-state index contributed by atoms with van der Waals surface area (Å²) < 4.78 is 0. The molecule has 2 unspecified atom stereocenters. The minimum atomic E-state index is -5.36. The van der Waals surface area contributed by atoms with Crippen LogP contribution in [0.2, 0.25) is 0 Å². The minimum Gasteiger partial charge on any atom is -0.371 e. The predicted octanol–water partition coefficient (Wildman–Crippen LogP) is -0.536. The molecule has 0 fully saturated rings. The Bertz CT molecular complexity index is 1400.